The van der Waals surface area contributed by atoms with Crippen LogP contribution in [0.5, 0.6) is 0 Å². The van der Waals surface area contributed by atoms with Crippen LogP contribution < -0.4 is 15.1 Å². The summed E-state index contributed by atoms with van der Waals surface area (Å²) in [7, 11) is 0. The van der Waals surface area contributed by atoms with Crippen LogP contribution in [0.25, 0.3) is 5.69 Å². The lowest BCUT2D eigenvalue weighted by atomic mass is 9.96. The Labute approximate surface area is 262 Å². The van der Waals surface area contributed by atoms with Gasteiger partial charge in [-0.15, -0.1) is 0 Å². The minimum atomic E-state index is -0.173. The highest BCUT2D eigenvalue weighted by molar-refractivity contribution is 7.80. The maximum atomic E-state index is 6.97. The summed E-state index contributed by atoms with van der Waals surface area (Å²) >= 11 is 26.1. The summed E-state index contributed by atoms with van der Waals surface area (Å²) in [6.07, 6.45) is 4.18. The number of benzene rings is 2. The molecule has 0 unspecified atom stereocenters. The molecule has 0 amide bonds. The van der Waals surface area contributed by atoms with E-state index in [4.69, 9.17) is 52.0 Å². The van der Waals surface area contributed by atoms with Crippen molar-refractivity contribution in [1.82, 2.24) is 14.9 Å². The number of halogens is 3. The van der Waals surface area contributed by atoms with E-state index >= 15 is 0 Å². The summed E-state index contributed by atoms with van der Waals surface area (Å²) in [6, 6.07) is 19.9. The third-order valence-corrected chi connectivity index (χ3v) is 9.82. The molecule has 2 saturated heterocycles. The van der Waals surface area contributed by atoms with Crippen LogP contribution in [0.2, 0.25) is 15.1 Å². The van der Waals surface area contributed by atoms with Crippen LogP contribution in [0.3, 0.4) is 0 Å². The normalized spacial score (nSPS) is 19.6. The molecule has 1 N–H and O–H groups in total. The van der Waals surface area contributed by atoms with Gasteiger partial charge in [-0.3, -0.25) is 4.98 Å². The number of thiocarbonyl (C=S) groups is 1. The SMILES string of the molecule is Cc1cc([C@@H]2[C@H](c3ccccn3)NC(=S)N2c2ccc(N3CCC(C)CC3)c(Cl)c2)c(C)n1-c1cccc(Cl)c1Cl. The Morgan fingerprint density at radius 2 is 1.68 bits per heavy atom. The Kier molecular flexibility index (Phi) is 7.94. The molecule has 2 atom stereocenters. The molecule has 4 aromatic rings. The van der Waals surface area contributed by atoms with Gasteiger partial charge in [-0.25, -0.2) is 0 Å². The molecule has 2 fully saturated rings. The van der Waals surface area contributed by atoms with Gasteiger partial charge in [-0.2, -0.15) is 0 Å². The van der Waals surface area contributed by atoms with Gasteiger partial charge < -0.3 is 19.7 Å². The monoisotopic (exact) mass is 623 g/mol. The molecule has 6 rings (SSSR count). The van der Waals surface area contributed by atoms with Crippen molar-refractivity contribution in [3.05, 3.63) is 105 Å². The van der Waals surface area contributed by atoms with Crippen molar-refractivity contribution < 1.29 is 0 Å². The third kappa shape index (κ3) is 5.20. The van der Waals surface area contributed by atoms with Gasteiger partial charge in [0, 0.05) is 36.4 Å². The lowest BCUT2D eigenvalue weighted by Gasteiger charge is -2.33. The van der Waals surface area contributed by atoms with Crippen LogP contribution in [0.15, 0.2) is 66.9 Å². The van der Waals surface area contributed by atoms with E-state index in [9.17, 15) is 0 Å². The van der Waals surface area contributed by atoms with Crippen molar-refractivity contribution in [2.45, 2.75) is 45.7 Å². The Hall–Kier alpha value is -2.77. The van der Waals surface area contributed by atoms with E-state index in [1.54, 1.807) is 6.07 Å². The van der Waals surface area contributed by atoms with Crippen molar-refractivity contribution in [2.75, 3.05) is 22.9 Å². The smallest absolute Gasteiger partial charge is 0.174 e. The largest absolute Gasteiger partial charge is 0.370 e. The molecule has 0 saturated carbocycles. The van der Waals surface area contributed by atoms with E-state index in [0.717, 1.165) is 63.7 Å². The van der Waals surface area contributed by atoms with Crippen LogP contribution in [-0.2, 0) is 0 Å². The van der Waals surface area contributed by atoms with E-state index in [0.29, 0.717) is 15.2 Å². The van der Waals surface area contributed by atoms with Crippen LogP contribution >= 0.6 is 47.0 Å². The summed E-state index contributed by atoms with van der Waals surface area (Å²) in [5.74, 6) is 0.752. The number of anilines is 2. The number of hydrogen-bond donors (Lipinski definition) is 1. The summed E-state index contributed by atoms with van der Waals surface area (Å²) in [4.78, 5) is 9.28. The second kappa shape index (κ2) is 11.5. The molecule has 2 aliphatic rings. The summed E-state index contributed by atoms with van der Waals surface area (Å²) in [5.41, 5.74) is 7.00. The molecule has 2 aliphatic heterocycles. The number of aromatic nitrogens is 2. The van der Waals surface area contributed by atoms with Crippen molar-refractivity contribution in [3.63, 3.8) is 0 Å². The predicted octanol–water partition coefficient (Wildman–Crippen LogP) is 8.86. The first-order valence-electron chi connectivity index (χ1n) is 13.9. The molecule has 5 nitrogen and oxygen atoms in total. The number of nitrogens with zero attached hydrogens (tertiary/aromatic N) is 4. The van der Waals surface area contributed by atoms with Crippen LogP contribution in [0.4, 0.5) is 11.4 Å². The number of nitrogens with one attached hydrogen (secondary N) is 1. The van der Waals surface area contributed by atoms with E-state index in [2.05, 4.69) is 58.7 Å². The first-order valence-corrected chi connectivity index (χ1v) is 15.5. The first-order chi connectivity index (χ1) is 19.7. The lowest BCUT2D eigenvalue weighted by molar-refractivity contribution is 0.438. The summed E-state index contributed by atoms with van der Waals surface area (Å²) in [5, 5.41) is 5.98. The van der Waals surface area contributed by atoms with Gasteiger partial charge in [0.15, 0.2) is 5.11 Å². The van der Waals surface area contributed by atoms with Gasteiger partial charge in [0.2, 0.25) is 0 Å². The topological polar surface area (TPSA) is 36.3 Å². The van der Waals surface area contributed by atoms with Crippen LogP contribution in [0, 0.1) is 19.8 Å². The van der Waals surface area contributed by atoms with Gasteiger partial charge in [-0.1, -0.05) is 53.9 Å². The van der Waals surface area contributed by atoms with Gasteiger partial charge in [0.1, 0.15) is 0 Å². The zero-order valence-electron chi connectivity index (χ0n) is 23.2. The average molecular weight is 625 g/mol. The molecular formula is C32H32Cl3N5S. The molecule has 2 aromatic heterocycles. The fourth-order valence-electron chi connectivity index (χ4n) is 6.22. The lowest BCUT2D eigenvalue weighted by Crippen LogP contribution is -2.33. The molecular weight excluding hydrogens is 593 g/mol. The number of pyridine rings is 1. The quantitative estimate of drug-likeness (QED) is 0.225. The number of hydrogen-bond acceptors (Lipinski definition) is 3. The summed E-state index contributed by atoms with van der Waals surface area (Å²) in [6.45, 7) is 8.55. The fourth-order valence-corrected chi connectivity index (χ4v) is 7.24. The van der Waals surface area contributed by atoms with Gasteiger partial charge in [0.25, 0.3) is 0 Å². The highest BCUT2D eigenvalue weighted by Crippen LogP contribution is 2.45. The van der Waals surface area contributed by atoms with E-state index in [1.807, 2.05) is 42.6 Å². The van der Waals surface area contributed by atoms with E-state index in [1.165, 1.54) is 12.8 Å². The predicted molar refractivity (Wildman–Crippen MR) is 175 cm³/mol. The number of piperidine rings is 1. The Morgan fingerprint density at radius 3 is 2.39 bits per heavy atom. The van der Waals surface area contributed by atoms with Crippen molar-refractivity contribution >= 4 is 63.5 Å². The molecule has 0 spiro atoms. The van der Waals surface area contributed by atoms with Crippen molar-refractivity contribution in [1.29, 1.82) is 0 Å². The van der Waals surface area contributed by atoms with Gasteiger partial charge in [-0.05, 0) is 98.9 Å². The Balaban J connectivity index is 1.45. The molecule has 212 valence electrons. The van der Waals surface area contributed by atoms with E-state index in [-0.39, 0.29) is 12.1 Å². The second-order valence-electron chi connectivity index (χ2n) is 11.0. The zero-order valence-corrected chi connectivity index (χ0v) is 26.3. The van der Waals surface area contributed by atoms with Gasteiger partial charge >= 0.3 is 0 Å². The highest BCUT2D eigenvalue weighted by atomic mass is 35.5. The van der Waals surface area contributed by atoms with Gasteiger partial charge in [0.05, 0.1) is 44.2 Å². The molecule has 9 heteroatoms. The minimum Gasteiger partial charge on any atom is -0.370 e. The standard InChI is InChI=1S/C32H32Cl3N5S/c1-19-12-15-38(16-13-19)27-11-10-22(18-25(27)34)40-31(30(37-32(40)41)26-8-4-5-14-36-26)23-17-20(2)39(21(23)3)28-9-6-7-24(33)29(28)35/h4-11,14,17-19,30-31H,12-13,15-16H2,1-3H3,(H,37,41)/t30-,31+/m0/s1. The zero-order chi connectivity index (χ0) is 28.8. The van der Waals surface area contributed by atoms with Crippen molar-refractivity contribution in [2.24, 2.45) is 5.92 Å². The highest BCUT2D eigenvalue weighted by Gasteiger charge is 2.42. The fraction of sp³-hybridized carbons (Fsp3) is 0.312. The van der Waals surface area contributed by atoms with E-state index < -0.39 is 0 Å². The third-order valence-electron chi connectivity index (χ3n) is 8.39. The number of aryl methyl sites for hydroxylation is 1. The maximum absolute atomic E-state index is 6.97. The molecule has 0 aliphatic carbocycles. The van der Waals surface area contributed by atoms with Crippen LogP contribution in [-0.4, -0.2) is 27.8 Å². The molecule has 4 heterocycles. The minimum absolute atomic E-state index is 0.172. The Morgan fingerprint density at radius 1 is 0.902 bits per heavy atom. The summed E-state index contributed by atoms with van der Waals surface area (Å²) < 4.78 is 2.16. The van der Waals surface area contributed by atoms with Crippen LogP contribution in [0.1, 0.15) is 54.5 Å². The Bertz CT molecular complexity index is 1600. The average Bonchev–Trinajstić information content (AvgIpc) is 3.46. The number of rotatable bonds is 5. The molecule has 0 radical (unpaired) electrons. The van der Waals surface area contributed by atoms with Crippen molar-refractivity contribution in [3.8, 4) is 5.69 Å². The maximum Gasteiger partial charge on any atom is 0.174 e. The molecule has 2 aromatic carbocycles. The first kappa shape index (κ1) is 28.4. The second-order valence-corrected chi connectivity index (χ2v) is 12.6. The molecule has 41 heavy (non-hydrogen) atoms. The molecule has 0 bridgehead atoms.